The Hall–Kier alpha value is -7.16. The van der Waals surface area contributed by atoms with Gasteiger partial charge in [-0.2, -0.15) is 0 Å². The molecule has 0 aliphatic rings. The van der Waals surface area contributed by atoms with E-state index in [1.807, 2.05) is 0 Å². The first kappa shape index (κ1) is 31.6. The van der Waals surface area contributed by atoms with E-state index in [0.717, 1.165) is 17.1 Å². The van der Waals surface area contributed by atoms with Crippen molar-refractivity contribution in [1.29, 1.82) is 0 Å². The van der Waals surface area contributed by atoms with Crippen LogP contribution in [0.4, 0.5) is 17.1 Å². The Kier molecular flexibility index (Phi) is 7.85. The molecule has 1 heterocycles. The molecule has 54 heavy (non-hydrogen) atoms. The summed E-state index contributed by atoms with van der Waals surface area (Å²) < 4.78 is 2.40. The molecule has 0 atom stereocenters. The van der Waals surface area contributed by atoms with Gasteiger partial charge in [-0.3, -0.25) is 0 Å². The molecule has 0 unspecified atom stereocenters. The largest absolute Gasteiger partial charge is 0.311 e. The molecular weight excluding hydrogens is 653 g/mol. The summed E-state index contributed by atoms with van der Waals surface area (Å²) in [5.41, 5.74) is 14.1. The van der Waals surface area contributed by atoms with Crippen LogP contribution in [-0.2, 0) is 0 Å². The molecule has 0 saturated carbocycles. The number of para-hydroxylation sites is 1. The molecule has 9 aromatic carbocycles. The van der Waals surface area contributed by atoms with E-state index in [1.165, 1.54) is 71.6 Å². The molecule has 2 heteroatoms. The van der Waals surface area contributed by atoms with Crippen LogP contribution in [0.1, 0.15) is 0 Å². The maximum atomic E-state index is 2.40. The molecule has 0 bridgehead atoms. The van der Waals surface area contributed by atoms with Crippen LogP contribution in [0.25, 0.3) is 71.6 Å². The highest BCUT2D eigenvalue weighted by molar-refractivity contribution is 6.21. The summed E-state index contributed by atoms with van der Waals surface area (Å²) in [6, 6.07) is 78.8. The minimum Gasteiger partial charge on any atom is -0.311 e. The highest BCUT2D eigenvalue weighted by atomic mass is 15.1. The zero-order chi connectivity index (χ0) is 35.8. The quantitative estimate of drug-likeness (QED) is 0.162. The second kappa shape index (κ2) is 13.4. The molecule has 10 aromatic rings. The number of rotatable bonds is 7. The van der Waals surface area contributed by atoms with E-state index in [9.17, 15) is 0 Å². The highest BCUT2D eigenvalue weighted by Gasteiger charge is 2.17. The number of hydrogen-bond acceptors (Lipinski definition) is 1. The summed E-state index contributed by atoms with van der Waals surface area (Å²) in [7, 11) is 0. The smallest absolute Gasteiger partial charge is 0.0547 e. The highest BCUT2D eigenvalue weighted by Crippen LogP contribution is 2.41. The van der Waals surface area contributed by atoms with E-state index >= 15 is 0 Å². The predicted octanol–water partition coefficient (Wildman–Crippen LogP) is 14.4. The number of fused-ring (bicyclic) bond motifs is 5. The van der Waals surface area contributed by atoms with Gasteiger partial charge >= 0.3 is 0 Å². The molecule has 254 valence electrons. The second-order valence-electron chi connectivity index (χ2n) is 13.8. The van der Waals surface area contributed by atoms with Gasteiger partial charge in [0.15, 0.2) is 0 Å². The van der Waals surface area contributed by atoms with E-state index < -0.39 is 0 Å². The summed E-state index contributed by atoms with van der Waals surface area (Å²) in [6.07, 6.45) is 0. The standard InChI is InChI=1S/C52H36N2/c1-4-12-37(13-5-1)39-20-28-45(29-21-39)53(46-30-22-40(23-31-46)38-14-6-2-7-15-38)47-32-24-41(25-33-47)43-27-34-50-49(36-43)52-48-19-11-10-16-42(48)26-35-51(52)54(50)44-17-8-3-9-18-44/h1-36H. The number of aromatic nitrogens is 1. The van der Waals surface area contributed by atoms with Gasteiger partial charge in [-0.1, -0.05) is 152 Å². The molecule has 0 aliphatic carbocycles. The first-order valence-electron chi connectivity index (χ1n) is 18.5. The van der Waals surface area contributed by atoms with Gasteiger partial charge in [-0.05, 0) is 111 Å². The fourth-order valence-corrected chi connectivity index (χ4v) is 7.94. The van der Waals surface area contributed by atoms with Crippen molar-refractivity contribution in [3.05, 3.63) is 218 Å². The second-order valence-corrected chi connectivity index (χ2v) is 13.8. The van der Waals surface area contributed by atoms with Gasteiger partial charge in [-0.15, -0.1) is 0 Å². The van der Waals surface area contributed by atoms with Gasteiger partial charge in [0.1, 0.15) is 0 Å². The average molecular weight is 689 g/mol. The van der Waals surface area contributed by atoms with Crippen molar-refractivity contribution in [2.24, 2.45) is 0 Å². The SMILES string of the molecule is c1ccc(-c2ccc(N(c3ccc(-c4ccccc4)cc3)c3ccc(-c4ccc5c(c4)c4c6ccccc6ccc4n5-c4ccccc4)cc3)cc2)cc1. The van der Waals surface area contributed by atoms with E-state index in [1.54, 1.807) is 0 Å². The third-order valence-corrected chi connectivity index (χ3v) is 10.6. The molecule has 0 radical (unpaired) electrons. The normalized spacial score (nSPS) is 11.3. The van der Waals surface area contributed by atoms with Crippen molar-refractivity contribution < 1.29 is 0 Å². The van der Waals surface area contributed by atoms with E-state index in [0.29, 0.717) is 0 Å². The molecule has 1 aromatic heterocycles. The topological polar surface area (TPSA) is 8.17 Å². The lowest BCUT2D eigenvalue weighted by atomic mass is 9.99. The van der Waals surface area contributed by atoms with Crippen LogP contribution < -0.4 is 4.90 Å². The number of hydrogen-bond donors (Lipinski definition) is 0. The predicted molar refractivity (Wildman–Crippen MR) is 229 cm³/mol. The zero-order valence-corrected chi connectivity index (χ0v) is 29.7. The van der Waals surface area contributed by atoms with Crippen LogP contribution in [0.3, 0.4) is 0 Å². The first-order chi connectivity index (χ1) is 26.8. The summed E-state index contributed by atoms with van der Waals surface area (Å²) in [4.78, 5) is 2.34. The molecule has 0 saturated heterocycles. The van der Waals surface area contributed by atoms with Crippen LogP contribution in [0.5, 0.6) is 0 Å². The minimum absolute atomic E-state index is 1.10. The van der Waals surface area contributed by atoms with Crippen molar-refractivity contribution in [1.82, 2.24) is 4.57 Å². The van der Waals surface area contributed by atoms with Gasteiger partial charge in [-0.25, -0.2) is 0 Å². The molecule has 2 nitrogen and oxygen atoms in total. The Labute approximate surface area is 315 Å². The van der Waals surface area contributed by atoms with Gasteiger partial charge in [0.05, 0.1) is 11.0 Å². The first-order valence-corrected chi connectivity index (χ1v) is 18.5. The third kappa shape index (κ3) is 5.62. The van der Waals surface area contributed by atoms with Crippen LogP contribution in [0, 0.1) is 0 Å². The van der Waals surface area contributed by atoms with E-state index in [2.05, 4.69) is 228 Å². The minimum atomic E-state index is 1.10. The number of nitrogens with zero attached hydrogens (tertiary/aromatic N) is 2. The number of benzene rings is 9. The monoisotopic (exact) mass is 688 g/mol. The summed E-state index contributed by atoms with van der Waals surface area (Å²) >= 11 is 0. The van der Waals surface area contributed by atoms with Crippen molar-refractivity contribution >= 4 is 49.6 Å². The maximum Gasteiger partial charge on any atom is 0.0547 e. The molecular formula is C52H36N2. The molecule has 0 fully saturated rings. The Bertz CT molecular complexity index is 2790. The van der Waals surface area contributed by atoms with Crippen LogP contribution in [-0.4, -0.2) is 4.57 Å². The molecule has 10 rings (SSSR count). The van der Waals surface area contributed by atoms with Crippen molar-refractivity contribution in [2.75, 3.05) is 4.90 Å². The lowest BCUT2D eigenvalue weighted by molar-refractivity contribution is 1.18. The van der Waals surface area contributed by atoms with E-state index in [4.69, 9.17) is 0 Å². The summed E-state index contributed by atoms with van der Waals surface area (Å²) in [5.74, 6) is 0. The van der Waals surface area contributed by atoms with Gasteiger partial charge in [0, 0.05) is 33.5 Å². The van der Waals surface area contributed by atoms with Gasteiger partial charge in [0.2, 0.25) is 0 Å². The zero-order valence-electron chi connectivity index (χ0n) is 29.7. The number of anilines is 3. The van der Waals surface area contributed by atoms with Crippen LogP contribution >= 0.6 is 0 Å². The third-order valence-electron chi connectivity index (χ3n) is 10.6. The molecule has 0 aliphatic heterocycles. The summed E-state index contributed by atoms with van der Waals surface area (Å²) in [6.45, 7) is 0. The van der Waals surface area contributed by atoms with Crippen molar-refractivity contribution in [3.63, 3.8) is 0 Å². The Morgan fingerprint density at radius 2 is 0.722 bits per heavy atom. The van der Waals surface area contributed by atoms with Crippen molar-refractivity contribution in [3.8, 4) is 39.1 Å². The Morgan fingerprint density at radius 1 is 0.296 bits per heavy atom. The molecule has 0 N–H and O–H groups in total. The van der Waals surface area contributed by atoms with E-state index in [-0.39, 0.29) is 0 Å². The molecule has 0 spiro atoms. The van der Waals surface area contributed by atoms with Gasteiger partial charge in [0.25, 0.3) is 0 Å². The lowest BCUT2D eigenvalue weighted by Gasteiger charge is -2.26. The fourth-order valence-electron chi connectivity index (χ4n) is 7.94. The average Bonchev–Trinajstić information content (AvgIpc) is 3.60. The van der Waals surface area contributed by atoms with Crippen LogP contribution in [0.15, 0.2) is 218 Å². The van der Waals surface area contributed by atoms with Gasteiger partial charge < -0.3 is 9.47 Å². The lowest BCUT2D eigenvalue weighted by Crippen LogP contribution is -2.09. The maximum absolute atomic E-state index is 2.40. The molecule has 0 amide bonds. The Balaban J connectivity index is 1.07. The fraction of sp³-hybridized carbons (Fsp3) is 0. The Morgan fingerprint density at radius 3 is 1.28 bits per heavy atom. The van der Waals surface area contributed by atoms with Crippen LogP contribution in [0.2, 0.25) is 0 Å². The summed E-state index contributed by atoms with van der Waals surface area (Å²) in [5, 5.41) is 5.07. The van der Waals surface area contributed by atoms with Crippen molar-refractivity contribution in [2.45, 2.75) is 0 Å².